The number of aryl methyl sites for hydroxylation is 1. The number of hydrogen-bond donors (Lipinski definition) is 1. The van der Waals surface area contributed by atoms with Crippen molar-refractivity contribution >= 4 is 15.9 Å². The van der Waals surface area contributed by atoms with Crippen molar-refractivity contribution in [3.8, 4) is 5.75 Å². The zero-order valence-electron chi connectivity index (χ0n) is 12.0. The molecule has 0 amide bonds. The number of halogens is 1. The van der Waals surface area contributed by atoms with Gasteiger partial charge in [-0.1, -0.05) is 22.9 Å². The van der Waals surface area contributed by atoms with Gasteiger partial charge in [0.25, 0.3) is 0 Å². The van der Waals surface area contributed by atoms with Gasteiger partial charge in [0.05, 0.1) is 13.2 Å². The quantitative estimate of drug-likeness (QED) is 0.703. The number of rotatable bonds is 9. The Morgan fingerprint density at radius 1 is 1.26 bits per heavy atom. The number of benzene rings is 1. The van der Waals surface area contributed by atoms with Gasteiger partial charge in [-0.25, -0.2) is 0 Å². The first-order valence-corrected chi connectivity index (χ1v) is 7.63. The SMILES string of the molecule is CC[C@@H](C)NCCOCCOc1ccc(Br)cc1C. The summed E-state index contributed by atoms with van der Waals surface area (Å²) in [5, 5.41) is 3.39. The molecule has 1 aromatic rings. The summed E-state index contributed by atoms with van der Waals surface area (Å²) in [6.07, 6.45) is 1.14. The van der Waals surface area contributed by atoms with Crippen LogP contribution in [0, 0.1) is 6.92 Å². The van der Waals surface area contributed by atoms with Gasteiger partial charge in [-0.2, -0.15) is 0 Å². The molecule has 1 atom stereocenters. The third kappa shape index (κ3) is 6.95. The minimum atomic E-state index is 0.560. The topological polar surface area (TPSA) is 30.5 Å². The van der Waals surface area contributed by atoms with E-state index in [-0.39, 0.29) is 0 Å². The smallest absolute Gasteiger partial charge is 0.122 e. The Morgan fingerprint density at radius 2 is 2.05 bits per heavy atom. The summed E-state index contributed by atoms with van der Waals surface area (Å²) >= 11 is 3.44. The van der Waals surface area contributed by atoms with E-state index in [4.69, 9.17) is 9.47 Å². The number of nitrogens with one attached hydrogen (secondary N) is 1. The Kier molecular flexibility index (Phi) is 8.10. The lowest BCUT2D eigenvalue weighted by Crippen LogP contribution is -2.29. The second kappa shape index (κ2) is 9.34. The monoisotopic (exact) mass is 329 g/mol. The maximum Gasteiger partial charge on any atom is 0.122 e. The van der Waals surface area contributed by atoms with Crippen LogP contribution in [-0.2, 0) is 4.74 Å². The second-order valence-corrected chi connectivity index (χ2v) is 5.55. The molecule has 0 heterocycles. The molecule has 0 radical (unpaired) electrons. The molecule has 108 valence electrons. The van der Waals surface area contributed by atoms with Crippen LogP contribution in [0.15, 0.2) is 22.7 Å². The average molecular weight is 330 g/mol. The highest BCUT2D eigenvalue weighted by molar-refractivity contribution is 9.10. The first kappa shape index (κ1) is 16.5. The van der Waals surface area contributed by atoms with Crippen LogP contribution >= 0.6 is 15.9 Å². The lowest BCUT2D eigenvalue weighted by Gasteiger charge is -2.12. The van der Waals surface area contributed by atoms with E-state index in [1.807, 2.05) is 25.1 Å². The number of ether oxygens (including phenoxy) is 2. The molecule has 0 fully saturated rings. The normalized spacial score (nSPS) is 12.4. The maximum absolute atomic E-state index is 5.67. The molecule has 1 rings (SSSR count). The minimum absolute atomic E-state index is 0.560. The Labute approximate surface area is 124 Å². The highest BCUT2D eigenvalue weighted by Crippen LogP contribution is 2.21. The van der Waals surface area contributed by atoms with E-state index >= 15 is 0 Å². The first-order chi connectivity index (χ1) is 9.13. The molecule has 0 bridgehead atoms. The molecule has 4 heteroatoms. The van der Waals surface area contributed by atoms with Gasteiger partial charge >= 0.3 is 0 Å². The van der Waals surface area contributed by atoms with Crippen LogP contribution < -0.4 is 10.1 Å². The molecule has 0 aromatic heterocycles. The van der Waals surface area contributed by atoms with Gasteiger partial charge in [-0.15, -0.1) is 0 Å². The third-order valence-electron chi connectivity index (χ3n) is 2.97. The summed E-state index contributed by atoms with van der Waals surface area (Å²) in [6, 6.07) is 6.57. The van der Waals surface area contributed by atoms with Crippen molar-refractivity contribution < 1.29 is 9.47 Å². The molecule has 0 aliphatic rings. The van der Waals surface area contributed by atoms with Crippen molar-refractivity contribution in [2.45, 2.75) is 33.2 Å². The fourth-order valence-corrected chi connectivity index (χ4v) is 2.08. The van der Waals surface area contributed by atoms with Crippen LogP contribution in [0.4, 0.5) is 0 Å². The van der Waals surface area contributed by atoms with Crippen molar-refractivity contribution in [2.75, 3.05) is 26.4 Å². The Balaban J connectivity index is 2.07. The summed E-state index contributed by atoms with van der Waals surface area (Å²) in [5.41, 5.74) is 1.13. The summed E-state index contributed by atoms with van der Waals surface area (Å²) < 4.78 is 12.3. The predicted molar refractivity (Wildman–Crippen MR) is 82.9 cm³/mol. The largest absolute Gasteiger partial charge is 0.491 e. The minimum Gasteiger partial charge on any atom is -0.491 e. The third-order valence-corrected chi connectivity index (χ3v) is 3.47. The highest BCUT2D eigenvalue weighted by Gasteiger charge is 2.00. The van der Waals surface area contributed by atoms with Gasteiger partial charge in [0, 0.05) is 17.1 Å². The number of hydrogen-bond acceptors (Lipinski definition) is 3. The highest BCUT2D eigenvalue weighted by atomic mass is 79.9. The molecule has 0 spiro atoms. The molecule has 0 unspecified atom stereocenters. The molecule has 19 heavy (non-hydrogen) atoms. The summed E-state index contributed by atoms with van der Waals surface area (Å²) in [7, 11) is 0. The second-order valence-electron chi connectivity index (χ2n) is 4.63. The zero-order chi connectivity index (χ0) is 14.1. The van der Waals surface area contributed by atoms with Crippen LogP contribution in [0.5, 0.6) is 5.75 Å². The van der Waals surface area contributed by atoms with E-state index in [2.05, 4.69) is 35.1 Å². The molecule has 1 N–H and O–H groups in total. The predicted octanol–water partition coefficient (Wildman–Crippen LogP) is 3.54. The van der Waals surface area contributed by atoms with E-state index in [0.717, 1.165) is 35.4 Å². The van der Waals surface area contributed by atoms with Crippen molar-refractivity contribution in [1.82, 2.24) is 5.32 Å². The van der Waals surface area contributed by atoms with Gasteiger partial charge in [-0.3, -0.25) is 0 Å². The lowest BCUT2D eigenvalue weighted by molar-refractivity contribution is 0.100. The molecule has 0 saturated carbocycles. The van der Waals surface area contributed by atoms with Crippen LogP contribution in [0.25, 0.3) is 0 Å². The molecular weight excluding hydrogens is 306 g/mol. The van der Waals surface area contributed by atoms with E-state index in [0.29, 0.717) is 19.3 Å². The van der Waals surface area contributed by atoms with E-state index < -0.39 is 0 Å². The van der Waals surface area contributed by atoms with Crippen LogP contribution in [0.3, 0.4) is 0 Å². The fraction of sp³-hybridized carbons (Fsp3) is 0.600. The molecule has 3 nitrogen and oxygen atoms in total. The lowest BCUT2D eigenvalue weighted by atomic mass is 10.2. The zero-order valence-corrected chi connectivity index (χ0v) is 13.6. The maximum atomic E-state index is 5.67. The Bertz CT molecular complexity index is 371. The van der Waals surface area contributed by atoms with E-state index in [1.165, 1.54) is 0 Å². The van der Waals surface area contributed by atoms with Gasteiger partial charge in [-0.05, 0) is 44.0 Å². The summed E-state index contributed by atoms with van der Waals surface area (Å²) in [6.45, 7) is 9.23. The van der Waals surface area contributed by atoms with Gasteiger partial charge < -0.3 is 14.8 Å². The Hall–Kier alpha value is -0.580. The fourth-order valence-electron chi connectivity index (χ4n) is 1.61. The molecule has 0 saturated heterocycles. The van der Waals surface area contributed by atoms with E-state index in [9.17, 15) is 0 Å². The first-order valence-electron chi connectivity index (χ1n) is 6.83. The molecule has 0 aliphatic heterocycles. The van der Waals surface area contributed by atoms with Crippen LogP contribution in [-0.4, -0.2) is 32.4 Å². The van der Waals surface area contributed by atoms with Gasteiger partial charge in [0.2, 0.25) is 0 Å². The summed E-state index contributed by atoms with van der Waals surface area (Å²) in [5.74, 6) is 0.921. The molecule has 1 aromatic carbocycles. The Morgan fingerprint density at radius 3 is 2.74 bits per heavy atom. The van der Waals surface area contributed by atoms with Crippen LogP contribution in [0.1, 0.15) is 25.8 Å². The van der Waals surface area contributed by atoms with Crippen molar-refractivity contribution in [2.24, 2.45) is 0 Å². The van der Waals surface area contributed by atoms with Gasteiger partial charge in [0.15, 0.2) is 0 Å². The van der Waals surface area contributed by atoms with Crippen molar-refractivity contribution in [1.29, 1.82) is 0 Å². The standard InChI is InChI=1S/C15H24BrNO2/c1-4-13(3)17-7-8-18-9-10-19-15-6-5-14(16)11-12(15)2/h5-6,11,13,17H,4,7-10H2,1-3H3/t13-/m1/s1. The van der Waals surface area contributed by atoms with Crippen molar-refractivity contribution in [3.63, 3.8) is 0 Å². The van der Waals surface area contributed by atoms with Crippen LogP contribution in [0.2, 0.25) is 0 Å². The molecule has 0 aliphatic carbocycles. The van der Waals surface area contributed by atoms with Gasteiger partial charge in [0.1, 0.15) is 12.4 Å². The van der Waals surface area contributed by atoms with Crippen molar-refractivity contribution in [3.05, 3.63) is 28.2 Å². The van der Waals surface area contributed by atoms with E-state index in [1.54, 1.807) is 0 Å². The molecular formula is C15H24BrNO2. The average Bonchev–Trinajstić information content (AvgIpc) is 2.39. The summed E-state index contributed by atoms with van der Waals surface area (Å²) in [4.78, 5) is 0.